The van der Waals surface area contributed by atoms with E-state index in [4.69, 9.17) is 0 Å². The summed E-state index contributed by atoms with van der Waals surface area (Å²) >= 11 is 4.59. The van der Waals surface area contributed by atoms with Crippen molar-refractivity contribution < 1.29 is 13.6 Å². The summed E-state index contributed by atoms with van der Waals surface area (Å²) in [5.74, 6) is -1.36. The van der Waals surface area contributed by atoms with Gasteiger partial charge in [0.15, 0.2) is 0 Å². The average molecular weight is 205 g/mol. The van der Waals surface area contributed by atoms with Gasteiger partial charge in [-0.3, -0.25) is 4.79 Å². The van der Waals surface area contributed by atoms with Crippen molar-refractivity contribution in [1.29, 1.82) is 0 Å². The molecule has 70 valence electrons. The van der Waals surface area contributed by atoms with Crippen molar-refractivity contribution in [2.75, 3.05) is 0 Å². The van der Waals surface area contributed by atoms with Gasteiger partial charge in [0.25, 0.3) is 0 Å². The highest BCUT2D eigenvalue weighted by molar-refractivity contribution is 6.35. The maximum atomic E-state index is 12.3. The van der Waals surface area contributed by atoms with E-state index >= 15 is 0 Å². The second kappa shape index (κ2) is 3.42. The number of rotatable bonds is 2. The number of ketones is 1. The number of aryl methyl sites for hydroxylation is 1. The topological polar surface area (TPSA) is 17.1 Å². The van der Waals surface area contributed by atoms with E-state index in [9.17, 15) is 13.6 Å². The number of alkyl halides is 3. The first kappa shape index (κ1) is 10.1. The van der Waals surface area contributed by atoms with E-state index in [1.54, 1.807) is 13.0 Å². The molecule has 0 amide bonds. The highest BCUT2D eigenvalue weighted by atomic mass is 35.5. The molecule has 0 unspecified atom stereocenters. The molecule has 0 aromatic heterocycles. The lowest BCUT2D eigenvalue weighted by Gasteiger charge is -2.06. The third kappa shape index (κ3) is 2.49. The van der Waals surface area contributed by atoms with Crippen LogP contribution in [0.2, 0.25) is 0 Å². The molecule has 4 heteroatoms. The fourth-order valence-electron chi connectivity index (χ4n) is 0.950. The minimum absolute atomic E-state index is 0.0694. The Morgan fingerprint density at radius 3 is 2.54 bits per heavy atom. The number of halogens is 3. The molecule has 13 heavy (non-hydrogen) atoms. The molecule has 0 N–H and O–H groups in total. The lowest BCUT2D eigenvalue weighted by Crippen LogP contribution is -2.21. The standard InChI is InChI=1S/C9H7ClF2O/c1-6-3-2-4-7(5-6)8(13)9(10,11)12/h2-5H,1H3. The van der Waals surface area contributed by atoms with E-state index in [2.05, 4.69) is 11.6 Å². The van der Waals surface area contributed by atoms with Crippen molar-refractivity contribution in [2.45, 2.75) is 12.3 Å². The van der Waals surface area contributed by atoms with Gasteiger partial charge in [0, 0.05) is 5.56 Å². The van der Waals surface area contributed by atoms with Crippen molar-refractivity contribution in [1.82, 2.24) is 0 Å². The Bertz CT molecular complexity index is 331. The molecule has 1 aromatic rings. The van der Waals surface area contributed by atoms with Crippen LogP contribution in [0.5, 0.6) is 0 Å². The van der Waals surface area contributed by atoms with Crippen molar-refractivity contribution >= 4 is 17.4 Å². The molecular formula is C9H7ClF2O. The highest BCUT2D eigenvalue weighted by Gasteiger charge is 2.36. The summed E-state index contributed by atoms with van der Waals surface area (Å²) in [7, 11) is 0. The fourth-order valence-corrected chi connectivity index (χ4v) is 1.06. The predicted octanol–water partition coefficient (Wildman–Crippen LogP) is 3.01. The van der Waals surface area contributed by atoms with Crippen LogP contribution < -0.4 is 0 Å². The Morgan fingerprint density at radius 1 is 1.46 bits per heavy atom. The fraction of sp³-hybridized carbons (Fsp3) is 0.222. The van der Waals surface area contributed by atoms with Gasteiger partial charge in [-0.05, 0) is 24.6 Å². The second-order valence-electron chi connectivity index (χ2n) is 2.70. The average Bonchev–Trinajstić information content (AvgIpc) is 2.01. The Kier molecular flexibility index (Phi) is 2.66. The van der Waals surface area contributed by atoms with Gasteiger partial charge in [0.1, 0.15) is 0 Å². The number of carbonyl (C=O) groups is 1. The molecule has 0 atom stereocenters. The number of carbonyl (C=O) groups excluding carboxylic acids is 1. The van der Waals surface area contributed by atoms with E-state index in [1.807, 2.05) is 0 Å². The number of benzene rings is 1. The maximum absolute atomic E-state index is 12.3. The van der Waals surface area contributed by atoms with Crippen LogP contribution in [-0.4, -0.2) is 11.2 Å². The lowest BCUT2D eigenvalue weighted by atomic mass is 10.1. The Labute approximate surface area is 79.3 Å². The largest absolute Gasteiger partial charge is 0.384 e. The predicted molar refractivity (Wildman–Crippen MR) is 46.3 cm³/mol. The first-order valence-electron chi connectivity index (χ1n) is 3.59. The highest BCUT2D eigenvalue weighted by Crippen LogP contribution is 2.24. The number of hydrogen-bond donors (Lipinski definition) is 0. The zero-order valence-corrected chi connectivity index (χ0v) is 7.61. The van der Waals surface area contributed by atoms with E-state index in [0.717, 1.165) is 5.56 Å². The van der Waals surface area contributed by atoms with E-state index in [0.29, 0.717) is 0 Å². The summed E-state index contributed by atoms with van der Waals surface area (Å²) < 4.78 is 24.7. The van der Waals surface area contributed by atoms with Gasteiger partial charge in [-0.2, -0.15) is 8.78 Å². The molecule has 0 fully saturated rings. The monoisotopic (exact) mass is 204 g/mol. The second-order valence-corrected chi connectivity index (χ2v) is 3.17. The third-order valence-electron chi connectivity index (χ3n) is 1.54. The van der Waals surface area contributed by atoms with E-state index in [1.165, 1.54) is 18.2 Å². The van der Waals surface area contributed by atoms with Gasteiger partial charge in [-0.1, -0.05) is 23.8 Å². The van der Waals surface area contributed by atoms with Gasteiger partial charge in [-0.25, -0.2) is 0 Å². The van der Waals surface area contributed by atoms with Crippen LogP contribution in [0.15, 0.2) is 24.3 Å². The Balaban J connectivity index is 3.03. The zero-order valence-electron chi connectivity index (χ0n) is 6.85. The van der Waals surface area contributed by atoms with Crippen molar-refractivity contribution in [2.24, 2.45) is 0 Å². The minimum atomic E-state index is -3.81. The third-order valence-corrected chi connectivity index (χ3v) is 1.71. The summed E-state index contributed by atoms with van der Waals surface area (Å²) in [6.45, 7) is 1.71. The smallest absolute Gasteiger partial charge is 0.286 e. The normalized spacial score (nSPS) is 11.4. The first-order chi connectivity index (χ1) is 5.91. The number of Topliss-reactive ketones (excluding diaryl/α,β-unsaturated/α-hetero) is 1. The molecule has 0 aliphatic carbocycles. The molecule has 0 saturated heterocycles. The Hall–Kier alpha value is -0.960. The summed E-state index contributed by atoms with van der Waals surface area (Å²) in [5, 5.41) is -3.81. The van der Waals surface area contributed by atoms with Crippen LogP contribution in [-0.2, 0) is 0 Å². The molecule has 0 spiro atoms. The molecule has 1 aromatic carbocycles. The molecule has 0 radical (unpaired) electrons. The minimum Gasteiger partial charge on any atom is -0.286 e. The molecule has 0 aliphatic heterocycles. The molecule has 1 nitrogen and oxygen atoms in total. The summed E-state index contributed by atoms with van der Waals surface area (Å²) in [6.07, 6.45) is 0. The zero-order chi connectivity index (χ0) is 10.1. The molecule has 1 rings (SSSR count). The molecule has 0 aliphatic rings. The van der Waals surface area contributed by atoms with Crippen molar-refractivity contribution in [3.8, 4) is 0 Å². The summed E-state index contributed by atoms with van der Waals surface area (Å²) in [4.78, 5) is 10.9. The Morgan fingerprint density at radius 2 is 2.08 bits per heavy atom. The lowest BCUT2D eigenvalue weighted by molar-refractivity contribution is 0.0536. The number of hydrogen-bond acceptors (Lipinski definition) is 1. The first-order valence-corrected chi connectivity index (χ1v) is 3.97. The van der Waals surface area contributed by atoms with Gasteiger partial charge in [0.05, 0.1) is 0 Å². The van der Waals surface area contributed by atoms with Crippen LogP contribution >= 0.6 is 11.6 Å². The van der Waals surface area contributed by atoms with Crippen LogP contribution in [0.1, 0.15) is 15.9 Å². The van der Waals surface area contributed by atoms with E-state index in [-0.39, 0.29) is 5.56 Å². The molecule has 0 saturated carbocycles. The van der Waals surface area contributed by atoms with Gasteiger partial charge in [0.2, 0.25) is 5.78 Å². The van der Waals surface area contributed by atoms with Crippen molar-refractivity contribution in [3.63, 3.8) is 0 Å². The van der Waals surface area contributed by atoms with Crippen LogP contribution in [0.4, 0.5) is 8.78 Å². The van der Waals surface area contributed by atoms with Crippen LogP contribution in [0, 0.1) is 6.92 Å². The molecular weight excluding hydrogens is 198 g/mol. The molecule has 0 bridgehead atoms. The van der Waals surface area contributed by atoms with Gasteiger partial charge < -0.3 is 0 Å². The van der Waals surface area contributed by atoms with Gasteiger partial charge >= 0.3 is 5.38 Å². The molecule has 0 heterocycles. The summed E-state index contributed by atoms with van der Waals surface area (Å²) in [6, 6.07) is 5.93. The van der Waals surface area contributed by atoms with Crippen molar-refractivity contribution in [3.05, 3.63) is 35.4 Å². The van der Waals surface area contributed by atoms with Crippen LogP contribution in [0.25, 0.3) is 0 Å². The van der Waals surface area contributed by atoms with Gasteiger partial charge in [-0.15, -0.1) is 0 Å². The SMILES string of the molecule is Cc1cccc(C(=O)C(F)(F)Cl)c1. The summed E-state index contributed by atoms with van der Waals surface area (Å²) in [5.41, 5.74) is 0.673. The quantitative estimate of drug-likeness (QED) is 0.535. The van der Waals surface area contributed by atoms with E-state index < -0.39 is 11.2 Å². The van der Waals surface area contributed by atoms with Crippen LogP contribution in [0.3, 0.4) is 0 Å². The maximum Gasteiger partial charge on any atom is 0.384 e.